The van der Waals surface area contributed by atoms with Crippen LogP contribution in [-0.4, -0.2) is 49.3 Å². The molecule has 186 valence electrons. The third-order valence-corrected chi connectivity index (χ3v) is 5.07. The van der Waals surface area contributed by atoms with E-state index in [4.69, 9.17) is 14.9 Å². The number of carbonyl (C=O) groups is 2. The zero-order valence-electron chi connectivity index (χ0n) is 19.4. The van der Waals surface area contributed by atoms with Gasteiger partial charge in [0.15, 0.2) is 5.82 Å². The number of hydrogen-bond acceptors (Lipinski definition) is 7. The molecule has 0 amide bonds. The molecule has 2 aromatic carbocycles. The highest BCUT2D eigenvalue weighted by Gasteiger charge is 2.21. The highest BCUT2D eigenvalue weighted by molar-refractivity contribution is 5.78. The minimum atomic E-state index is -1.23. The molecular weight excluding hydrogens is 461 g/mol. The van der Waals surface area contributed by atoms with E-state index in [2.05, 4.69) is 4.98 Å². The molecule has 0 fully saturated rings. The molecule has 1 aromatic heterocycles. The Morgan fingerprint density at radius 3 is 2.37 bits per heavy atom. The van der Waals surface area contributed by atoms with Crippen molar-refractivity contribution < 1.29 is 33.9 Å². The number of nitro groups is 1. The number of carbonyl (C=O) groups excluding carboxylic acids is 1. The molecular formula is C24H26FN3O7. The van der Waals surface area contributed by atoms with E-state index in [1.807, 2.05) is 30.3 Å². The van der Waals surface area contributed by atoms with Crippen LogP contribution in [-0.2, 0) is 20.9 Å². The number of benzene rings is 2. The first-order valence-corrected chi connectivity index (χ1v) is 10.6. The lowest BCUT2D eigenvalue weighted by Crippen LogP contribution is -2.17. The summed E-state index contributed by atoms with van der Waals surface area (Å²) >= 11 is 0. The second kappa shape index (κ2) is 12.4. The maximum absolute atomic E-state index is 14.5. The smallest absolute Gasteiger partial charge is 0.342 e. The molecule has 10 nitrogen and oxygen atoms in total. The third-order valence-electron chi connectivity index (χ3n) is 5.07. The molecule has 0 aliphatic carbocycles. The van der Waals surface area contributed by atoms with E-state index in [0.29, 0.717) is 17.0 Å². The fourth-order valence-electron chi connectivity index (χ4n) is 3.03. The molecule has 35 heavy (non-hydrogen) atoms. The number of aliphatic hydroxyl groups excluding tert-OH is 1. The van der Waals surface area contributed by atoms with Crippen LogP contribution in [0, 0.1) is 22.9 Å². The van der Waals surface area contributed by atoms with E-state index in [1.54, 1.807) is 26.0 Å². The lowest BCUT2D eigenvalue weighted by Gasteiger charge is -2.13. The summed E-state index contributed by atoms with van der Waals surface area (Å²) in [5.74, 6) is -2.51. The highest BCUT2D eigenvalue weighted by atomic mass is 19.1. The van der Waals surface area contributed by atoms with Crippen molar-refractivity contribution in [2.45, 2.75) is 39.3 Å². The number of esters is 1. The molecule has 2 N–H and O–H groups in total. The van der Waals surface area contributed by atoms with Crippen LogP contribution in [0.4, 0.5) is 10.2 Å². The number of carboxylic acids is 1. The molecule has 3 rings (SSSR count). The molecule has 1 unspecified atom stereocenters. The normalized spacial score (nSPS) is 12.1. The summed E-state index contributed by atoms with van der Waals surface area (Å²) in [6, 6.07) is 13.8. The number of aromatic nitrogens is 2. The van der Waals surface area contributed by atoms with E-state index in [0.717, 1.165) is 11.8 Å². The van der Waals surface area contributed by atoms with Gasteiger partial charge in [0.25, 0.3) is 0 Å². The average Bonchev–Trinajstić information content (AvgIpc) is 3.19. The van der Waals surface area contributed by atoms with Crippen LogP contribution in [0.2, 0.25) is 0 Å². The molecule has 0 saturated heterocycles. The second-order valence-corrected chi connectivity index (χ2v) is 7.58. The zero-order chi connectivity index (χ0) is 26.1. The van der Waals surface area contributed by atoms with Crippen molar-refractivity contribution in [2.75, 3.05) is 6.61 Å². The van der Waals surface area contributed by atoms with Crippen molar-refractivity contribution in [1.82, 2.24) is 9.55 Å². The van der Waals surface area contributed by atoms with Gasteiger partial charge in [0.1, 0.15) is 31.3 Å². The minimum Gasteiger partial charge on any atom is -0.479 e. The van der Waals surface area contributed by atoms with Crippen molar-refractivity contribution in [3.8, 4) is 11.1 Å². The van der Waals surface area contributed by atoms with Gasteiger partial charge in [-0.15, -0.1) is 0 Å². The van der Waals surface area contributed by atoms with Crippen LogP contribution in [0.5, 0.6) is 0 Å². The van der Waals surface area contributed by atoms with Gasteiger partial charge < -0.3 is 25.1 Å². The van der Waals surface area contributed by atoms with E-state index >= 15 is 0 Å². The quantitative estimate of drug-likeness (QED) is 0.278. The van der Waals surface area contributed by atoms with Gasteiger partial charge in [0.05, 0.1) is 5.92 Å². The molecule has 0 aliphatic heterocycles. The molecule has 2 atom stereocenters. The van der Waals surface area contributed by atoms with E-state index in [1.165, 1.54) is 17.6 Å². The Bertz CT molecular complexity index is 1180. The maximum atomic E-state index is 14.5. The molecule has 0 spiro atoms. The van der Waals surface area contributed by atoms with Gasteiger partial charge in [0.2, 0.25) is 0 Å². The van der Waals surface area contributed by atoms with Gasteiger partial charge in [0, 0.05) is 12.5 Å². The molecule has 11 heteroatoms. The van der Waals surface area contributed by atoms with Crippen LogP contribution in [0.15, 0.2) is 54.7 Å². The fourth-order valence-corrected chi connectivity index (χ4v) is 3.03. The zero-order valence-corrected chi connectivity index (χ0v) is 19.4. The second-order valence-electron chi connectivity index (χ2n) is 7.58. The summed E-state index contributed by atoms with van der Waals surface area (Å²) in [6.45, 7) is 4.52. The van der Waals surface area contributed by atoms with Crippen molar-refractivity contribution >= 4 is 17.8 Å². The maximum Gasteiger partial charge on any atom is 0.342 e. The van der Waals surface area contributed by atoms with Crippen LogP contribution < -0.4 is 0 Å². The Hall–Kier alpha value is -4.12. The minimum absolute atomic E-state index is 0.0498. The Morgan fingerprint density at radius 1 is 1.20 bits per heavy atom. The molecule has 0 radical (unpaired) electrons. The summed E-state index contributed by atoms with van der Waals surface area (Å²) in [4.78, 5) is 36.1. The van der Waals surface area contributed by atoms with Crippen LogP contribution in [0.1, 0.15) is 31.2 Å². The number of ether oxygens (including phenoxy) is 1. The number of nitrogens with zero attached hydrogens (tertiary/aromatic N) is 3. The first-order chi connectivity index (χ1) is 16.5. The average molecular weight is 487 g/mol. The number of rotatable bonds is 8. The molecule has 3 aromatic rings. The van der Waals surface area contributed by atoms with Gasteiger partial charge in [-0.2, -0.15) is 0 Å². The van der Waals surface area contributed by atoms with Crippen LogP contribution in [0.25, 0.3) is 11.1 Å². The Balaban J connectivity index is 0.000000641. The van der Waals surface area contributed by atoms with Crippen molar-refractivity contribution in [3.05, 3.63) is 82.0 Å². The number of hydrogen-bond donors (Lipinski definition) is 2. The molecule has 0 saturated carbocycles. The first kappa shape index (κ1) is 27.1. The Morgan fingerprint density at radius 2 is 1.83 bits per heavy atom. The van der Waals surface area contributed by atoms with Gasteiger partial charge in [-0.3, -0.25) is 4.79 Å². The lowest BCUT2D eigenvalue weighted by molar-refractivity contribution is -0.392. The van der Waals surface area contributed by atoms with Crippen molar-refractivity contribution in [2.24, 2.45) is 0 Å². The number of halogens is 1. The molecule has 1 heterocycles. The third kappa shape index (κ3) is 7.44. The summed E-state index contributed by atoms with van der Waals surface area (Å²) in [6.07, 6.45) is -0.0679. The topological polar surface area (TPSA) is 145 Å². The summed E-state index contributed by atoms with van der Waals surface area (Å²) in [5, 5.41) is 26.8. The van der Waals surface area contributed by atoms with Crippen molar-refractivity contribution in [3.63, 3.8) is 0 Å². The summed E-state index contributed by atoms with van der Waals surface area (Å²) < 4.78 is 21.1. The Labute approximate surface area is 200 Å². The van der Waals surface area contributed by atoms with Crippen LogP contribution in [0.3, 0.4) is 0 Å². The fraction of sp³-hybridized carbons (Fsp3) is 0.292. The van der Waals surface area contributed by atoms with Gasteiger partial charge in [-0.25, -0.2) is 18.7 Å². The van der Waals surface area contributed by atoms with Crippen LogP contribution >= 0.6 is 0 Å². The number of carboxylic acid groups (broad SMARTS) is 1. The van der Waals surface area contributed by atoms with Gasteiger partial charge in [-0.1, -0.05) is 42.5 Å². The lowest BCUT2D eigenvalue weighted by atomic mass is 9.97. The highest BCUT2D eigenvalue weighted by Crippen LogP contribution is 2.26. The number of aliphatic carboxylic acids is 1. The summed E-state index contributed by atoms with van der Waals surface area (Å²) in [7, 11) is 0. The van der Waals surface area contributed by atoms with E-state index in [9.17, 15) is 24.1 Å². The number of aliphatic hydroxyl groups is 1. The summed E-state index contributed by atoms with van der Waals surface area (Å²) in [5.41, 5.74) is 1.71. The van der Waals surface area contributed by atoms with E-state index in [-0.39, 0.29) is 19.0 Å². The largest absolute Gasteiger partial charge is 0.479 e. The molecule has 0 bridgehead atoms. The monoisotopic (exact) mass is 487 g/mol. The first-order valence-electron chi connectivity index (χ1n) is 10.6. The standard InChI is InChI=1S/C21H20FN3O4.C3H6O3/c1-14(17-8-9-18(19(22)12-17)16-6-4-3-5-7-16)21(26)29-11-10-24-15(2)23-13-20(24)25(27)28;1-2(4)3(5)6/h3-9,12-14H,10-11H2,1-2H3;2,4H,1H3,(H,5,6)/t14-;/m0./s1. The van der Waals surface area contributed by atoms with E-state index < -0.39 is 34.7 Å². The van der Waals surface area contributed by atoms with Gasteiger partial charge >= 0.3 is 17.8 Å². The Kier molecular flexibility index (Phi) is 9.59. The van der Waals surface area contributed by atoms with Gasteiger partial charge in [-0.05, 0) is 36.0 Å². The SMILES string of the molecule is CC(O)C(=O)O.Cc1ncc([N+](=O)[O-])n1CCOC(=O)[C@@H](C)c1ccc(-c2ccccc2)c(F)c1. The number of imidazole rings is 1. The van der Waals surface area contributed by atoms with Crippen molar-refractivity contribution in [1.29, 1.82) is 0 Å². The predicted molar refractivity (Wildman–Crippen MR) is 124 cm³/mol. The molecule has 0 aliphatic rings. The number of aryl methyl sites for hydroxylation is 1. The predicted octanol–water partition coefficient (Wildman–Crippen LogP) is 3.70.